The van der Waals surface area contributed by atoms with Crippen LogP contribution in [-0.2, 0) is 9.53 Å². The second kappa shape index (κ2) is 9.04. The molecule has 1 aromatic carbocycles. The summed E-state index contributed by atoms with van der Waals surface area (Å²) >= 11 is 1.39. The van der Waals surface area contributed by atoms with Gasteiger partial charge >= 0.3 is 0 Å². The van der Waals surface area contributed by atoms with E-state index in [9.17, 15) is 9.59 Å². The fraction of sp³-hybridized carbons (Fsp3) is 0.250. The molecule has 1 heterocycles. The monoisotopic (exact) mass is 333 g/mol. The number of methoxy groups -OCH3 is 1. The number of hydrogen-bond acceptors (Lipinski definition) is 5. The number of thiophene rings is 1. The third kappa shape index (κ3) is 5.82. The van der Waals surface area contributed by atoms with Crippen LogP contribution < -0.4 is 16.0 Å². The molecule has 1 aromatic heterocycles. The van der Waals surface area contributed by atoms with Crippen LogP contribution >= 0.6 is 11.3 Å². The lowest BCUT2D eigenvalue weighted by Gasteiger charge is -2.08. The highest BCUT2D eigenvalue weighted by molar-refractivity contribution is 7.12. The van der Waals surface area contributed by atoms with Crippen molar-refractivity contribution in [3.63, 3.8) is 0 Å². The summed E-state index contributed by atoms with van der Waals surface area (Å²) in [6.45, 7) is 1.41. The van der Waals surface area contributed by atoms with Crippen molar-refractivity contribution in [3.8, 4) is 0 Å². The zero-order valence-corrected chi connectivity index (χ0v) is 13.6. The Hall–Kier alpha value is -2.22. The number of rotatable bonds is 8. The summed E-state index contributed by atoms with van der Waals surface area (Å²) in [4.78, 5) is 24.3. The van der Waals surface area contributed by atoms with E-state index in [1.807, 2.05) is 11.4 Å². The van der Waals surface area contributed by atoms with Crippen molar-refractivity contribution in [2.24, 2.45) is 0 Å². The Morgan fingerprint density at radius 3 is 2.39 bits per heavy atom. The second-order valence-electron chi connectivity index (χ2n) is 4.73. The first-order valence-electron chi connectivity index (χ1n) is 7.13. The van der Waals surface area contributed by atoms with E-state index in [2.05, 4.69) is 16.0 Å². The highest BCUT2D eigenvalue weighted by Gasteiger charge is 2.07. The lowest BCUT2D eigenvalue weighted by molar-refractivity contribution is -0.115. The molecule has 0 aliphatic carbocycles. The van der Waals surface area contributed by atoms with Gasteiger partial charge in [0, 0.05) is 25.0 Å². The fourth-order valence-corrected chi connectivity index (χ4v) is 2.44. The van der Waals surface area contributed by atoms with E-state index < -0.39 is 0 Å². The van der Waals surface area contributed by atoms with Crippen LogP contribution in [0.4, 0.5) is 11.4 Å². The molecule has 0 fully saturated rings. The molecule has 0 bridgehead atoms. The first-order chi connectivity index (χ1) is 11.2. The standard InChI is InChI=1S/C16H19N3O3S/c1-22-9-8-17-11-15(20)18-12-4-6-13(7-5-12)19-16(21)14-3-2-10-23-14/h2-7,10,17H,8-9,11H2,1H3,(H,18,20)(H,19,21). The number of anilines is 2. The van der Waals surface area contributed by atoms with E-state index in [1.54, 1.807) is 37.4 Å². The Morgan fingerprint density at radius 1 is 1.09 bits per heavy atom. The van der Waals surface area contributed by atoms with Crippen LogP contribution in [0.15, 0.2) is 41.8 Å². The largest absolute Gasteiger partial charge is 0.383 e. The number of carbonyl (C=O) groups excluding carboxylic acids is 2. The van der Waals surface area contributed by atoms with Gasteiger partial charge in [-0.3, -0.25) is 9.59 Å². The molecule has 0 spiro atoms. The van der Waals surface area contributed by atoms with Crippen LogP contribution in [-0.4, -0.2) is 38.6 Å². The zero-order chi connectivity index (χ0) is 16.5. The average molecular weight is 333 g/mol. The van der Waals surface area contributed by atoms with Gasteiger partial charge in [-0.15, -0.1) is 11.3 Å². The summed E-state index contributed by atoms with van der Waals surface area (Å²) in [5.41, 5.74) is 1.36. The van der Waals surface area contributed by atoms with E-state index in [-0.39, 0.29) is 18.4 Å². The van der Waals surface area contributed by atoms with Gasteiger partial charge in [-0.05, 0) is 35.7 Å². The second-order valence-corrected chi connectivity index (χ2v) is 5.67. The van der Waals surface area contributed by atoms with E-state index in [1.165, 1.54) is 11.3 Å². The summed E-state index contributed by atoms with van der Waals surface area (Å²) in [5, 5.41) is 10.4. The maximum Gasteiger partial charge on any atom is 0.265 e. The Morgan fingerprint density at radius 2 is 1.78 bits per heavy atom. The number of carbonyl (C=O) groups is 2. The molecule has 2 rings (SSSR count). The molecular formula is C16H19N3O3S. The normalized spacial score (nSPS) is 10.3. The van der Waals surface area contributed by atoms with Crippen molar-refractivity contribution >= 4 is 34.5 Å². The maximum atomic E-state index is 11.9. The van der Waals surface area contributed by atoms with Crippen molar-refractivity contribution in [1.82, 2.24) is 5.32 Å². The Balaban J connectivity index is 1.80. The summed E-state index contributed by atoms with van der Waals surface area (Å²) in [5.74, 6) is -0.268. The van der Waals surface area contributed by atoms with Gasteiger partial charge in [0.1, 0.15) is 0 Å². The zero-order valence-electron chi connectivity index (χ0n) is 12.8. The first-order valence-corrected chi connectivity index (χ1v) is 8.01. The predicted molar refractivity (Wildman–Crippen MR) is 92.1 cm³/mol. The quantitative estimate of drug-likeness (QED) is 0.647. The molecule has 0 aliphatic heterocycles. The number of ether oxygens (including phenoxy) is 1. The van der Waals surface area contributed by atoms with Crippen LogP contribution in [0.25, 0.3) is 0 Å². The topological polar surface area (TPSA) is 79.5 Å². The van der Waals surface area contributed by atoms with Crippen LogP contribution in [0, 0.1) is 0 Å². The summed E-state index contributed by atoms with van der Waals surface area (Å²) in [7, 11) is 1.61. The Kier molecular flexibility index (Phi) is 6.74. The van der Waals surface area contributed by atoms with E-state index in [0.29, 0.717) is 29.4 Å². The van der Waals surface area contributed by atoms with Gasteiger partial charge in [0.2, 0.25) is 5.91 Å². The Bertz CT molecular complexity index is 627. The SMILES string of the molecule is COCCNCC(=O)Nc1ccc(NC(=O)c2cccs2)cc1. The molecule has 122 valence electrons. The molecule has 0 unspecified atom stereocenters. The van der Waals surface area contributed by atoms with Gasteiger partial charge in [-0.2, -0.15) is 0 Å². The van der Waals surface area contributed by atoms with Gasteiger partial charge in [0.25, 0.3) is 5.91 Å². The number of benzene rings is 1. The maximum absolute atomic E-state index is 11.9. The molecule has 0 atom stereocenters. The molecule has 3 N–H and O–H groups in total. The smallest absolute Gasteiger partial charge is 0.265 e. The molecule has 0 saturated carbocycles. The minimum Gasteiger partial charge on any atom is -0.383 e. The Labute approximate surface area is 138 Å². The molecule has 23 heavy (non-hydrogen) atoms. The van der Waals surface area contributed by atoms with E-state index >= 15 is 0 Å². The molecule has 0 aliphatic rings. The molecular weight excluding hydrogens is 314 g/mol. The minimum atomic E-state index is -0.140. The van der Waals surface area contributed by atoms with Gasteiger partial charge in [-0.1, -0.05) is 6.07 Å². The highest BCUT2D eigenvalue weighted by atomic mass is 32.1. The van der Waals surface area contributed by atoms with Crippen molar-refractivity contribution < 1.29 is 14.3 Å². The van der Waals surface area contributed by atoms with Crippen molar-refractivity contribution in [3.05, 3.63) is 46.7 Å². The average Bonchev–Trinajstić information content (AvgIpc) is 3.08. The molecule has 2 aromatic rings. The lowest BCUT2D eigenvalue weighted by atomic mass is 10.2. The van der Waals surface area contributed by atoms with Crippen LogP contribution in [0.3, 0.4) is 0 Å². The molecule has 0 radical (unpaired) electrons. The summed E-state index contributed by atoms with van der Waals surface area (Å²) < 4.78 is 4.89. The number of amides is 2. The molecule has 0 saturated heterocycles. The van der Waals surface area contributed by atoms with Crippen LogP contribution in [0.1, 0.15) is 9.67 Å². The van der Waals surface area contributed by atoms with E-state index in [4.69, 9.17) is 4.74 Å². The van der Waals surface area contributed by atoms with Crippen LogP contribution in [0.2, 0.25) is 0 Å². The molecule has 7 heteroatoms. The molecule has 2 amide bonds. The van der Waals surface area contributed by atoms with Crippen molar-refractivity contribution in [2.75, 3.05) is 37.4 Å². The van der Waals surface area contributed by atoms with Gasteiger partial charge < -0.3 is 20.7 Å². The van der Waals surface area contributed by atoms with Crippen molar-refractivity contribution in [1.29, 1.82) is 0 Å². The summed E-state index contributed by atoms with van der Waals surface area (Å²) in [6, 6.07) is 10.6. The number of hydrogen-bond donors (Lipinski definition) is 3. The first kappa shape index (κ1) is 17.1. The fourth-order valence-electron chi connectivity index (χ4n) is 1.82. The van der Waals surface area contributed by atoms with Gasteiger partial charge in [0.15, 0.2) is 0 Å². The van der Waals surface area contributed by atoms with Gasteiger partial charge in [-0.25, -0.2) is 0 Å². The third-order valence-corrected chi connectivity index (χ3v) is 3.81. The van der Waals surface area contributed by atoms with Crippen LogP contribution in [0.5, 0.6) is 0 Å². The summed E-state index contributed by atoms with van der Waals surface area (Å²) in [6.07, 6.45) is 0. The molecule has 6 nitrogen and oxygen atoms in total. The predicted octanol–water partition coefficient (Wildman–Crippen LogP) is 2.17. The number of nitrogens with one attached hydrogen (secondary N) is 3. The third-order valence-electron chi connectivity index (χ3n) is 2.94. The minimum absolute atomic E-state index is 0.128. The lowest BCUT2D eigenvalue weighted by Crippen LogP contribution is -2.30. The highest BCUT2D eigenvalue weighted by Crippen LogP contribution is 2.16. The van der Waals surface area contributed by atoms with Gasteiger partial charge in [0.05, 0.1) is 18.0 Å². The van der Waals surface area contributed by atoms with Crippen molar-refractivity contribution in [2.45, 2.75) is 0 Å². The van der Waals surface area contributed by atoms with E-state index in [0.717, 1.165) is 0 Å².